The van der Waals surface area contributed by atoms with Crippen molar-refractivity contribution in [3.8, 4) is 6.07 Å². The Hall–Kier alpha value is -1.53. The van der Waals surface area contributed by atoms with Gasteiger partial charge >= 0.3 is 0 Å². The lowest BCUT2D eigenvalue weighted by atomic mass is 9.75. The van der Waals surface area contributed by atoms with E-state index in [0.717, 1.165) is 37.1 Å². The molecule has 2 rings (SSSR count). The summed E-state index contributed by atoms with van der Waals surface area (Å²) in [5.74, 6) is 0. The van der Waals surface area contributed by atoms with Gasteiger partial charge in [-0.05, 0) is 43.0 Å². The van der Waals surface area contributed by atoms with Crippen molar-refractivity contribution in [2.24, 2.45) is 5.73 Å². The minimum atomic E-state index is 0.160. The predicted molar refractivity (Wildman–Crippen MR) is 79.2 cm³/mol. The molecule has 0 bridgehead atoms. The van der Waals surface area contributed by atoms with Gasteiger partial charge in [-0.3, -0.25) is 0 Å². The summed E-state index contributed by atoms with van der Waals surface area (Å²) in [5.41, 5.74) is 10.5. The SMILES string of the molecule is CCN1CC(CC)(CC)c2c1ccc(C#N)c2CN. The van der Waals surface area contributed by atoms with E-state index in [0.29, 0.717) is 6.54 Å². The van der Waals surface area contributed by atoms with Gasteiger partial charge in [0.1, 0.15) is 0 Å². The quantitative estimate of drug-likeness (QED) is 0.902. The van der Waals surface area contributed by atoms with Gasteiger partial charge in [-0.2, -0.15) is 5.26 Å². The standard InChI is InChI=1S/C16H23N3/c1-4-16(5-2)11-19(6-3)14-8-7-12(9-17)13(10-18)15(14)16/h7-8H,4-6,10-11,18H2,1-3H3. The summed E-state index contributed by atoms with van der Waals surface area (Å²) in [4.78, 5) is 2.42. The first-order valence-electron chi connectivity index (χ1n) is 7.18. The van der Waals surface area contributed by atoms with Crippen LogP contribution in [0.25, 0.3) is 0 Å². The summed E-state index contributed by atoms with van der Waals surface area (Å²) in [5, 5.41) is 9.30. The Morgan fingerprint density at radius 2 is 2.00 bits per heavy atom. The van der Waals surface area contributed by atoms with Crippen LogP contribution in [0.4, 0.5) is 5.69 Å². The number of rotatable bonds is 4. The lowest BCUT2D eigenvalue weighted by Crippen LogP contribution is -2.33. The van der Waals surface area contributed by atoms with E-state index >= 15 is 0 Å². The summed E-state index contributed by atoms with van der Waals surface area (Å²) in [6, 6.07) is 6.32. The normalized spacial score (nSPS) is 16.3. The minimum absolute atomic E-state index is 0.160. The van der Waals surface area contributed by atoms with Gasteiger partial charge in [-0.25, -0.2) is 0 Å². The van der Waals surface area contributed by atoms with Crippen LogP contribution in [-0.4, -0.2) is 13.1 Å². The first-order chi connectivity index (χ1) is 9.17. The highest BCUT2D eigenvalue weighted by Crippen LogP contribution is 2.47. The Labute approximate surface area is 116 Å². The molecule has 0 radical (unpaired) electrons. The van der Waals surface area contributed by atoms with Crippen molar-refractivity contribution in [1.82, 2.24) is 0 Å². The second-order valence-electron chi connectivity index (χ2n) is 5.30. The smallest absolute Gasteiger partial charge is 0.0995 e. The molecule has 0 atom stereocenters. The summed E-state index contributed by atoms with van der Waals surface area (Å²) < 4.78 is 0. The van der Waals surface area contributed by atoms with E-state index in [1.165, 1.54) is 11.3 Å². The predicted octanol–water partition coefficient (Wildman–Crippen LogP) is 2.91. The monoisotopic (exact) mass is 257 g/mol. The second kappa shape index (κ2) is 5.22. The van der Waals surface area contributed by atoms with Crippen molar-refractivity contribution >= 4 is 5.69 Å². The molecular weight excluding hydrogens is 234 g/mol. The van der Waals surface area contributed by atoms with E-state index in [1.807, 2.05) is 6.07 Å². The molecule has 0 aromatic heterocycles. The third kappa shape index (κ3) is 1.91. The Kier molecular flexibility index (Phi) is 3.82. The van der Waals surface area contributed by atoms with Crippen LogP contribution in [0.5, 0.6) is 0 Å². The highest BCUT2D eigenvalue weighted by molar-refractivity contribution is 5.68. The Morgan fingerprint density at radius 3 is 2.47 bits per heavy atom. The fraction of sp³-hybridized carbons (Fsp3) is 0.562. The maximum atomic E-state index is 9.30. The summed E-state index contributed by atoms with van der Waals surface area (Å²) in [6.45, 7) is 9.17. The molecule has 1 aliphatic heterocycles. The maximum Gasteiger partial charge on any atom is 0.0995 e. The Morgan fingerprint density at radius 1 is 1.32 bits per heavy atom. The van der Waals surface area contributed by atoms with Crippen LogP contribution in [0.1, 0.15) is 50.3 Å². The number of anilines is 1. The van der Waals surface area contributed by atoms with Crippen molar-refractivity contribution in [1.29, 1.82) is 5.26 Å². The number of nitriles is 1. The van der Waals surface area contributed by atoms with E-state index in [1.54, 1.807) is 0 Å². The van der Waals surface area contributed by atoms with Gasteiger partial charge in [0.15, 0.2) is 0 Å². The molecular formula is C16H23N3. The topological polar surface area (TPSA) is 53.0 Å². The van der Waals surface area contributed by atoms with E-state index in [9.17, 15) is 5.26 Å². The van der Waals surface area contributed by atoms with Crippen molar-refractivity contribution in [2.45, 2.75) is 45.6 Å². The van der Waals surface area contributed by atoms with Crippen LogP contribution in [0.15, 0.2) is 12.1 Å². The minimum Gasteiger partial charge on any atom is -0.371 e. The molecule has 1 aromatic rings. The van der Waals surface area contributed by atoms with Gasteiger partial charge in [0, 0.05) is 30.7 Å². The van der Waals surface area contributed by atoms with Crippen LogP contribution in [0.3, 0.4) is 0 Å². The zero-order valence-electron chi connectivity index (χ0n) is 12.2. The fourth-order valence-electron chi connectivity index (χ4n) is 3.45. The van der Waals surface area contributed by atoms with Crippen LogP contribution >= 0.6 is 0 Å². The van der Waals surface area contributed by atoms with E-state index in [4.69, 9.17) is 5.73 Å². The van der Waals surface area contributed by atoms with Crippen molar-refractivity contribution < 1.29 is 0 Å². The van der Waals surface area contributed by atoms with Gasteiger partial charge in [-0.1, -0.05) is 13.8 Å². The fourth-order valence-corrected chi connectivity index (χ4v) is 3.45. The number of hydrogen-bond acceptors (Lipinski definition) is 3. The Balaban J connectivity index is 2.73. The first-order valence-corrected chi connectivity index (χ1v) is 7.18. The third-order valence-electron chi connectivity index (χ3n) is 4.72. The molecule has 102 valence electrons. The molecule has 1 aromatic carbocycles. The molecule has 0 amide bonds. The number of benzene rings is 1. The molecule has 1 aliphatic rings. The number of nitrogens with two attached hydrogens (primary N) is 1. The average Bonchev–Trinajstić information content (AvgIpc) is 2.80. The summed E-state index contributed by atoms with van der Waals surface area (Å²) in [6.07, 6.45) is 2.18. The largest absolute Gasteiger partial charge is 0.371 e. The van der Waals surface area contributed by atoms with Gasteiger partial charge < -0.3 is 10.6 Å². The third-order valence-corrected chi connectivity index (χ3v) is 4.72. The van der Waals surface area contributed by atoms with Crippen LogP contribution in [0, 0.1) is 11.3 Å². The summed E-state index contributed by atoms with van der Waals surface area (Å²) >= 11 is 0. The molecule has 2 N–H and O–H groups in total. The van der Waals surface area contributed by atoms with Gasteiger partial charge in [0.2, 0.25) is 0 Å². The van der Waals surface area contributed by atoms with E-state index < -0.39 is 0 Å². The van der Waals surface area contributed by atoms with E-state index in [2.05, 4.69) is 37.8 Å². The molecule has 0 unspecified atom stereocenters. The first kappa shape index (κ1) is 13.9. The van der Waals surface area contributed by atoms with Crippen molar-refractivity contribution in [3.05, 3.63) is 28.8 Å². The molecule has 1 heterocycles. The molecule has 0 aliphatic carbocycles. The van der Waals surface area contributed by atoms with Crippen LogP contribution in [0.2, 0.25) is 0 Å². The number of hydrogen-bond donors (Lipinski definition) is 1. The molecule has 0 saturated heterocycles. The zero-order chi connectivity index (χ0) is 14.0. The number of nitrogens with zero attached hydrogens (tertiary/aromatic N) is 2. The lowest BCUT2D eigenvalue weighted by Gasteiger charge is -2.29. The molecule has 3 nitrogen and oxygen atoms in total. The lowest BCUT2D eigenvalue weighted by molar-refractivity contribution is 0.418. The van der Waals surface area contributed by atoms with Crippen LogP contribution < -0.4 is 10.6 Å². The molecule has 19 heavy (non-hydrogen) atoms. The molecule has 0 spiro atoms. The summed E-state index contributed by atoms with van der Waals surface area (Å²) in [7, 11) is 0. The average molecular weight is 257 g/mol. The van der Waals surface area contributed by atoms with E-state index in [-0.39, 0.29) is 5.41 Å². The van der Waals surface area contributed by atoms with Gasteiger partial charge in [0.25, 0.3) is 0 Å². The second-order valence-corrected chi connectivity index (χ2v) is 5.30. The number of likely N-dealkylation sites (N-methyl/N-ethyl adjacent to an activating group) is 1. The van der Waals surface area contributed by atoms with Crippen molar-refractivity contribution in [3.63, 3.8) is 0 Å². The molecule has 0 fully saturated rings. The highest BCUT2D eigenvalue weighted by Gasteiger charge is 2.41. The van der Waals surface area contributed by atoms with Gasteiger partial charge in [0.05, 0.1) is 11.6 Å². The molecule has 3 heteroatoms. The van der Waals surface area contributed by atoms with Crippen LogP contribution in [-0.2, 0) is 12.0 Å². The number of fused-ring (bicyclic) bond motifs is 1. The highest BCUT2D eigenvalue weighted by atomic mass is 15.2. The van der Waals surface area contributed by atoms with Gasteiger partial charge in [-0.15, -0.1) is 0 Å². The Bertz CT molecular complexity index is 509. The zero-order valence-corrected chi connectivity index (χ0v) is 12.2. The van der Waals surface area contributed by atoms with Crippen molar-refractivity contribution in [2.75, 3.05) is 18.0 Å². The maximum absolute atomic E-state index is 9.30. The molecule has 0 saturated carbocycles.